The second-order valence-corrected chi connectivity index (χ2v) is 4.38. The van der Waals surface area contributed by atoms with Gasteiger partial charge >= 0.3 is 95.9 Å². The van der Waals surface area contributed by atoms with Crippen molar-refractivity contribution in [1.82, 2.24) is 0 Å². The molecule has 0 aliphatic carbocycles. The van der Waals surface area contributed by atoms with Crippen LogP contribution in [0.5, 0.6) is 11.5 Å². The van der Waals surface area contributed by atoms with Gasteiger partial charge in [0.2, 0.25) is 0 Å². The molecule has 2 nitrogen and oxygen atoms in total. The topological polar surface area (TPSA) is 21.3 Å². The Morgan fingerprint density at radius 1 is 0.933 bits per heavy atom. The summed E-state index contributed by atoms with van der Waals surface area (Å²) >= 11 is 2.55. The average Bonchev–Trinajstić information content (AvgIpc) is 2.27. The summed E-state index contributed by atoms with van der Waals surface area (Å²) < 4.78 is 6.92. The third kappa shape index (κ3) is 1.41. The first-order valence-corrected chi connectivity index (χ1v) is 5.64. The van der Waals surface area contributed by atoms with Crippen LogP contribution in [0.3, 0.4) is 0 Å². The van der Waals surface area contributed by atoms with E-state index in [9.17, 15) is 0 Å². The number of anilines is 2. The van der Waals surface area contributed by atoms with E-state index < -0.39 is 0 Å². The molecule has 0 spiro atoms. The summed E-state index contributed by atoms with van der Waals surface area (Å²) in [5.74, 6) is 1.76. The molecular formula is C12H9NOSe. The first kappa shape index (κ1) is 8.83. The maximum absolute atomic E-state index is 5.79. The van der Waals surface area contributed by atoms with Crippen molar-refractivity contribution in [3.8, 4) is 11.5 Å². The van der Waals surface area contributed by atoms with Crippen LogP contribution in [-0.2, 0) is 0 Å². The molecule has 1 heterocycles. The Morgan fingerprint density at radius 2 is 1.73 bits per heavy atom. The van der Waals surface area contributed by atoms with E-state index in [1.54, 1.807) is 0 Å². The zero-order valence-corrected chi connectivity index (χ0v) is 9.77. The van der Waals surface area contributed by atoms with E-state index in [4.69, 9.17) is 4.74 Å². The monoisotopic (exact) mass is 263 g/mol. The molecule has 0 atom stereocenters. The molecule has 3 heteroatoms. The molecule has 0 saturated carbocycles. The number of nitrogens with one attached hydrogen (secondary N) is 1. The molecule has 0 unspecified atom stereocenters. The third-order valence-corrected chi connectivity index (χ3v) is 3.15. The third-order valence-electron chi connectivity index (χ3n) is 2.37. The molecule has 0 saturated heterocycles. The number of benzene rings is 2. The minimum absolute atomic E-state index is 0.878. The fourth-order valence-corrected chi connectivity index (χ4v) is 2.17. The van der Waals surface area contributed by atoms with Crippen molar-refractivity contribution in [3.05, 3.63) is 42.5 Å². The molecule has 15 heavy (non-hydrogen) atoms. The molecule has 3 rings (SSSR count). The first-order chi connectivity index (χ1) is 7.34. The van der Waals surface area contributed by atoms with E-state index in [2.05, 4.69) is 21.3 Å². The van der Waals surface area contributed by atoms with E-state index >= 15 is 0 Å². The second-order valence-electron chi connectivity index (χ2n) is 3.37. The Bertz CT molecular complexity index is 525. The molecule has 1 N–H and O–H groups in total. The van der Waals surface area contributed by atoms with Crippen LogP contribution in [0.15, 0.2) is 42.5 Å². The van der Waals surface area contributed by atoms with Gasteiger partial charge in [-0.15, -0.1) is 0 Å². The SMILES string of the molecule is [SeH]c1cccc2c1Nc1ccccc1O2. The van der Waals surface area contributed by atoms with Crippen molar-refractivity contribution in [1.29, 1.82) is 0 Å². The zero-order chi connectivity index (χ0) is 10.3. The van der Waals surface area contributed by atoms with Gasteiger partial charge in [0.1, 0.15) is 0 Å². The van der Waals surface area contributed by atoms with Gasteiger partial charge in [-0.05, 0) is 0 Å². The number of hydrogen-bond acceptors (Lipinski definition) is 2. The number of ether oxygens (including phenoxy) is 1. The molecule has 0 fully saturated rings. The predicted octanol–water partition coefficient (Wildman–Crippen LogP) is 2.06. The molecule has 1 aliphatic heterocycles. The molecular weight excluding hydrogens is 253 g/mol. The molecule has 2 aromatic rings. The molecule has 0 aromatic heterocycles. The summed E-state index contributed by atoms with van der Waals surface area (Å²) in [7, 11) is 0. The van der Waals surface area contributed by atoms with Crippen molar-refractivity contribution in [2.45, 2.75) is 0 Å². The number of para-hydroxylation sites is 3. The van der Waals surface area contributed by atoms with Crippen molar-refractivity contribution < 1.29 is 4.74 Å². The fourth-order valence-electron chi connectivity index (χ4n) is 1.64. The van der Waals surface area contributed by atoms with Crippen LogP contribution in [0.4, 0.5) is 11.4 Å². The molecule has 2 aromatic carbocycles. The summed E-state index contributed by atoms with van der Waals surface area (Å²) in [4.78, 5) is 0. The maximum atomic E-state index is 5.79. The quantitative estimate of drug-likeness (QED) is 0.626. The van der Waals surface area contributed by atoms with Crippen LogP contribution < -0.4 is 14.5 Å². The normalized spacial score (nSPS) is 12.1. The molecule has 74 valence electrons. The van der Waals surface area contributed by atoms with Crippen LogP contribution in [0.25, 0.3) is 0 Å². The molecule has 0 bridgehead atoms. The van der Waals surface area contributed by atoms with Gasteiger partial charge in [-0.3, -0.25) is 0 Å². The first-order valence-electron chi connectivity index (χ1n) is 4.70. The summed E-state index contributed by atoms with van der Waals surface area (Å²) in [5, 5.41) is 3.37. The summed E-state index contributed by atoms with van der Waals surface area (Å²) in [6.45, 7) is 0. The van der Waals surface area contributed by atoms with Gasteiger partial charge in [0, 0.05) is 0 Å². The van der Waals surface area contributed by atoms with E-state index in [0.29, 0.717) is 0 Å². The van der Waals surface area contributed by atoms with Gasteiger partial charge in [0.25, 0.3) is 0 Å². The van der Waals surface area contributed by atoms with Crippen LogP contribution in [0.2, 0.25) is 0 Å². The average molecular weight is 262 g/mol. The Balaban J connectivity index is 2.15. The van der Waals surface area contributed by atoms with Gasteiger partial charge in [-0.1, -0.05) is 0 Å². The van der Waals surface area contributed by atoms with Gasteiger partial charge in [-0.2, -0.15) is 0 Å². The predicted molar refractivity (Wildman–Crippen MR) is 63.0 cm³/mol. The Hall–Kier alpha value is -1.44. The minimum atomic E-state index is 0.878. The van der Waals surface area contributed by atoms with Crippen molar-refractivity contribution >= 4 is 31.8 Å². The van der Waals surface area contributed by atoms with Gasteiger partial charge in [-0.25, -0.2) is 0 Å². The van der Waals surface area contributed by atoms with Crippen molar-refractivity contribution in [2.75, 3.05) is 5.32 Å². The zero-order valence-electron chi connectivity index (χ0n) is 7.90. The van der Waals surface area contributed by atoms with Crippen molar-refractivity contribution in [2.24, 2.45) is 0 Å². The second kappa shape index (κ2) is 3.30. The van der Waals surface area contributed by atoms with E-state index in [1.165, 1.54) is 0 Å². The van der Waals surface area contributed by atoms with Crippen LogP contribution in [-0.4, -0.2) is 16.0 Å². The molecule has 0 radical (unpaired) electrons. The summed E-state index contributed by atoms with van der Waals surface area (Å²) in [6, 6.07) is 13.9. The van der Waals surface area contributed by atoms with Gasteiger partial charge < -0.3 is 0 Å². The Morgan fingerprint density at radius 3 is 2.67 bits per heavy atom. The Labute approximate surface area is 96.1 Å². The number of rotatable bonds is 0. The van der Waals surface area contributed by atoms with Gasteiger partial charge in [0.05, 0.1) is 0 Å². The van der Waals surface area contributed by atoms with Crippen molar-refractivity contribution in [3.63, 3.8) is 0 Å². The van der Waals surface area contributed by atoms with E-state index in [0.717, 1.165) is 27.3 Å². The summed E-state index contributed by atoms with van der Waals surface area (Å²) in [6.07, 6.45) is 0. The standard InChI is InChI=1S/C12H9NOSe/c15-11-7-3-6-10-12(11)13-8-4-1-2-5-9(8)14-10/h1-7,13,15H. The summed E-state index contributed by atoms with van der Waals surface area (Å²) in [5.41, 5.74) is 2.06. The fraction of sp³-hybridized carbons (Fsp3) is 0. The van der Waals surface area contributed by atoms with Crippen LogP contribution >= 0.6 is 0 Å². The molecule has 1 aliphatic rings. The van der Waals surface area contributed by atoms with Gasteiger partial charge in [0.15, 0.2) is 0 Å². The number of hydrogen-bond donors (Lipinski definition) is 1. The Kier molecular flexibility index (Phi) is 1.94. The van der Waals surface area contributed by atoms with E-state index in [1.807, 2.05) is 42.5 Å². The van der Waals surface area contributed by atoms with E-state index in [-0.39, 0.29) is 0 Å². The van der Waals surface area contributed by atoms with Crippen LogP contribution in [0.1, 0.15) is 0 Å². The van der Waals surface area contributed by atoms with Crippen LogP contribution in [0, 0.1) is 0 Å². The molecule has 0 amide bonds. The number of fused-ring (bicyclic) bond motifs is 2.